The quantitative estimate of drug-likeness (QED) is 0.849. The molecule has 0 saturated carbocycles. The molecule has 1 aliphatic heterocycles. The molecular weight excluding hydrogens is 236 g/mol. The molecule has 0 aliphatic carbocycles. The number of hydrogen-bond donors (Lipinski definition) is 1. The predicted molar refractivity (Wildman–Crippen MR) is 79.1 cm³/mol. The molecule has 2 rings (SSSR count). The van der Waals surface area contributed by atoms with Gasteiger partial charge in [0.2, 0.25) is 0 Å². The molecule has 1 aromatic rings. The Morgan fingerprint density at radius 2 is 2.05 bits per heavy atom. The van der Waals surface area contributed by atoms with Crippen LogP contribution in [-0.4, -0.2) is 53.2 Å². The lowest BCUT2D eigenvalue weighted by Crippen LogP contribution is -2.41. The molecule has 1 heterocycles. The number of aliphatic hydroxyl groups excluding tert-OH is 1. The van der Waals surface area contributed by atoms with E-state index >= 15 is 0 Å². The van der Waals surface area contributed by atoms with E-state index < -0.39 is 0 Å². The Bertz CT molecular complexity index is 366. The third-order valence-electron chi connectivity index (χ3n) is 4.00. The SMILES string of the molecule is CC(C)N(Cc1ccccc1)[C@@H]1CCN(CCO)C1. The zero-order valence-electron chi connectivity index (χ0n) is 12.1. The van der Waals surface area contributed by atoms with Gasteiger partial charge < -0.3 is 5.11 Å². The van der Waals surface area contributed by atoms with Crippen LogP contribution in [0.5, 0.6) is 0 Å². The van der Waals surface area contributed by atoms with Gasteiger partial charge in [-0.25, -0.2) is 0 Å². The van der Waals surface area contributed by atoms with Gasteiger partial charge in [-0.15, -0.1) is 0 Å². The topological polar surface area (TPSA) is 26.7 Å². The first-order chi connectivity index (χ1) is 9.20. The van der Waals surface area contributed by atoms with Crippen molar-refractivity contribution in [1.29, 1.82) is 0 Å². The molecule has 1 aliphatic rings. The lowest BCUT2D eigenvalue weighted by atomic mass is 10.1. The number of hydrogen-bond acceptors (Lipinski definition) is 3. The van der Waals surface area contributed by atoms with Crippen molar-refractivity contribution in [1.82, 2.24) is 9.80 Å². The van der Waals surface area contributed by atoms with Gasteiger partial charge in [-0.1, -0.05) is 30.3 Å². The van der Waals surface area contributed by atoms with Gasteiger partial charge in [-0.3, -0.25) is 9.80 Å². The van der Waals surface area contributed by atoms with E-state index in [9.17, 15) is 0 Å². The third kappa shape index (κ3) is 4.03. The molecule has 0 radical (unpaired) electrons. The molecular formula is C16H26N2O. The van der Waals surface area contributed by atoms with Crippen molar-refractivity contribution in [2.24, 2.45) is 0 Å². The van der Waals surface area contributed by atoms with Gasteiger partial charge in [0.15, 0.2) is 0 Å². The van der Waals surface area contributed by atoms with Crippen molar-refractivity contribution in [3.63, 3.8) is 0 Å². The maximum Gasteiger partial charge on any atom is 0.0558 e. The summed E-state index contributed by atoms with van der Waals surface area (Å²) in [6.07, 6.45) is 1.21. The lowest BCUT2D eigenvalue weighted by molar-refractivity contribution is 0.139. The van der Waals surface area contributed by atoms with Gasteiger partial charge in [0.1, 0.15) is 0 Å². The summed E-state index contributed by atoms with van der Waals surface area (Å²) < 4.78 is 0. The average molecular weight is 262 g/mol. The number of nitrogens with zero attached hydrogens (tertiary/aromatic N) is 2. The fourth-order valence-electron chi connectivity index (χ4n) is 2.95. The highest BCUT2D eigenvalue weighted by molar-refractivity contribution is 5.14. The van der Waals surface area contributed by atoms with Gasteiger partial charge in [-0.05, 0) is 32.4 Å². The molecule has 106 valence electrons. The largest absolute Gasteiger partial charge is 0.395 e. The summed E-state index contributed by atoms with van der Waals surface area (Å²) in [6.45, 7) is 8.86. The van der Waals surface area contributed by atoms with Crippen LogP contribution in [0.3, 0.4) is 0 Å². The van der Waals surface area contributed by atoms with Crippen LogP contribution in [0, 0.1) is 0 Å². The minimum atomic E-state index is 0.271. The number of aliphatic hydroxyl groups is 1. The van der Waals surface area contributed by atoms with E-state index in [2.05, 4.69) is 54.0 Å². The summed E-state index contributed by atoms with van der Waals surface area (Å²) in [5.74, 6) is 0. The Morgan fingerprint density at radius 1 is 1.32 bits per heavy atom. The molecule has 0 bridgehead atoms. The molecule has 0 unspecified atom stereocenters. The lowest BCUT2D eigenvalue weighted by Gasteiger charge is -2.32. The zero-order valence-corrected chi connectivity index (χ0v) is 12.1. The summed E-state index contributed by atoms with van der Waals surface area (Å²) in [5.41, 5.74) is 1.39. The summed E-state index contributed by atoms with van der Waals surface area (Å²) in [5, 5.41) is 9.04. The number of rotatable bonds is 6. The van der Waals surface area contributed by atoms with E-state index in [-0.39, 0.29) is 6.61 Å². The van der Waals surface area contributed by atoms with Crippen LogP contribution in [0.2, 0.25) is 0 Å². The van der Waals surface area contributed by atoms with E-state index in [1.54, 1.807) is 0 Å². The normalized spacial score (nSPS) is 20.6. The van der Waals surface area contributed by atoms with Crippen LogP contribution in [0.1, 0.15) is 25.8 Å². The maximum absolute atomic E-state index is 9.04. The first-order valence-electron chi connectivity index (χ1n) is 7.33. The first kappa shape index (κ1) is 14.5. The van der Waals surface area contributed by atoms with Crippen LogP contribution in [0.15, 0.2) is 30.3 Å². The Balaban J connectivity index is 1.97. The van der Waals surface area contributed by atoms with Gasteiger partial charge in [-0.2, -0.15) is 0 Å². The molecule has 0 amide bonds. The minimum Gasteiger partial charge on any atom is -0.395 e. The van der Waals surface area contributed by atoms with E-state index in [0.29, 0.717) is 12.1 Å². The molecule has 3 heteroatoms. The summed E-state index contributed by atoms with van der Waals surface area (Å²) in [4.78, 5) is 4.96. The number of likely N-dealkylation sites (tertiary alicyclic amines) is 1. The standard InChI is InChI=1S/C16H26N2O/c1-14(2)18(12-15-6-4-3-5-7-15)16-8-9-17(13-16)10-11-19/h3-7,14,16,19H,8-13H2,1-2H3/t16-/m1/s1. The van der Waals surface area contributed by atoms with Crippen LogP contribution in [0.25, 0.3) is 0 Å². The Hall–Kier alpha value is -0.900. The average Bonchev–Trinajstić information content (AvgIpc) is 2.85. The highest BCUT2D eigenvalue weighted by atomic mass is 16.3. The number of benzene rings is 1. The fraction of sp³-hybridized carbons (Fsp3) is 0.625. The number of β-amino-alcohol motifs (C(OH)–C–C–N with tert-alkyl or cyclic N) is 1. The van der Waals surface area contributed by atoms with Gasteiger partial charge in [0.05, 0.1) is 6.61 Å². The molecule has 1 N–H and O–H groups in total. The van der Waals surface area contributed by atoms with E-state index in [1.165, 1.54) is 12.0 Å². The van der Waals surface area contributed by atoms with E-state index in [0.717, 1.165) is 26.2 Å². The Labute approximate surface area is 116 Å². The molecule has 1 saturated heterocycles. The van der Waals surface area contributed by atoms with Gasteiger partial charge in [0, 0.05) is 31.7 Å². The van der Waals surface area contributed by atoms with Gasteiger partial charge in [0.25, 0.3) is 0 Å². The summed E-state index contributed by atoms with van der Waals surface area (Å²) in [7, 11) is 0. The minimum absolute atomic E-state index is 0.271. The molecule has 0 spiro atoms. The van der Waals surface area contributed by atoms with Crippen molar-refractivity contribution in [2.45, 2.75) is 38.9 Å². The van der Waals surface area contributed by atoms with E-state index in [1.807, 2.05) is 0 Å². The summed E-state index contributed by atoms with van der Waals surface area (Å²) >= 11 is 0. The Kier molecular flexibility index (Phi) is 5.37. The second-order valence-electron chi connectivity index (χ2n) is 5.72. The predicted octanol–water partition coefficient (Wildman–Crippen LogP) is 1.96. The highest BCUT2D eigenvalue weighted by Gasteiger charge is 2.28. The molecule has 1 fully saturated rings. The van der Waals surface area contributed by atoms with Crippen molar-refractivity contribution in [3.8, 4) is 0 Å². The molecule has 1 aromatic carbocycles. The highest BCUT2D eigenvalue weighted by Crippen LogP contribution is 2.20. The van der Waals surface area contributed by atoms with Crippen LogP contribution < -0.4 is 0 Å². The fourth-order valence-corrected chi connectivity index (χ4v) is 2.95. The van der Waals surface area contributed by atoms with Crippen LogP contribution >= 0.6 is 0 Å². The smallest absolute Gasteiger partial charge is 0.0558 e. The Morgan fingerprint density at radius 3 is 2.68 bits per heavy atom. The monoisotopic (exact) mass is 262 g/mol. The third-order valence-corrected chi connectivity index (χ3v) is 4.00. The summed E-state index contributed by atoms with van der Waals surface area (Å²) in [6, 6.07) is 11.9. The molecule has 3 nitrogen and oxygen atoms in total. The molecule has 1 atom stereocenters. The zero-order chi connectivity index (χ0) is 13.7. The second kappa shape index (κ2) is 7.04. The van der Waals surface area contributed by atoms with Crippen LogP contribution in [-0.2, 0) is 6.54 Å². The second-order valence-corrected chi connectivity index (χ2v) is 5.72. The van der Waals surface area contributed by atoms with Crippen molar-refractivity contribution in [3.05, 3.63) is 35.9 Å². The van der Waals surface area contributed by atoms with Crippen molar-refractivity contribution >= 4 is 0 Å². The van der Waals surface area contributed by atoms with Gasteiger partial charge >= 0.3 is 0 Å². The molecule has 0 aromatic heterocycles. The van der Waals surface area contributed by atoms with Crippen molar-refractivity contribution in [2.75, 3.05) is 26.2 Å². The maximum atomic E-state index is 9.04. The van der Waals surface area contributed by atoms with Crippen molar-refractivity contribution < 1.29 is 5.11 Å². The van der Waals surface area contributed by atoms with Crippen LogP contribution in [0.4, 0.5) is 0 Å². The van der Waals surface area contributed by atoms with E-state index in [4.69, 9.17) is 5.11 Å². The molecule has 19 heavy (non-hydrogen) atoms. The first-order valence-corrected chi connectivity index (χ1v) is 7.33.